The van der Waals surface area contributed by atoms with Crippen molar-refractivity contribution in [3.05, 3.63) is 29.2 Å². The number of H-pyrrole nitrogens is 1. The van der Waals surface area contributed by atoms with Gasteiger partial charge in [0.25, 0.3) is 0 Å². The highest BCUT2D eigenvalue weighted by molar-refractivity contribution is 7.71. The van der Waals surface area contributed by atoms with Crippen LogP contribution in [-0.2, 0) is 0 Å². The molecule has 2 aromatic rings. The second kappa shape index (κ2) is 1.91. The maximum absolute atomic E-state index is 4.83. The molecule has 0 saturated carbocycles. The third kappa shape index (κ3) is 0.733. The maximum atomic E-state index is 4.83. The van der Waals surface area contributed by atoms with Crippen LogP contribution in [0.4, 0.5) is 0 Å². The van der Waals surface area contributed by atoms with Crippen LogP contribution in [0.1, 0.15) is 0 Å². The van der Waals surface area contributed by atoms with E-state index in [4.69, 9.17) is 12.2 Å². The topological polar surface area (TPSA) is 33.1 Å². The van der Waals surface area contributed by atoms with Crippen molar-refractivity contribution in [2.24, 2.45) is 0 Å². The van der Waals surface area contributed by atoms with E-state index >= 15 is 0 Å². The van der Waals surface area contributed by atoms with E-state index in [0.717, 1.165) is 5.65 Å². The molecule has 0 amide bonds. The fourth-order valence-corrected chi connectivity index (χ4v) is 1.04. The van der Waals surface area contributed by atoms with Crippen molar-refractivity contribution >= 4 is 17.9 Å². The molecule has 0 aliphatic rings. The maximum Gasteiger partial charge on any atom is 0.214 e. The monoisotopic (exact) mass is 151 g/mol. The molecule has 2 aromatic heterocycles. The number of nitrogens with zero attached hydrogens (tertiary/aromatic N) is 2. The van der Waals surface area contributed by atoms with Crippen LogP contribution in [0.3, 0.4) is 0 Å². The number of fused-ring (bicyclic) bond motifs is 1. The van der Waals surface area contributed by atoms with Crippen molar-refractivity contribution in [1.29, 1.82) is 0 Å². The molecule has 0 bridgehead atoms. The summed E-state index contributed by atoms with van der Waals surface area (Å²) in [6, 6.07) is 5.73. The minimum Gasteiger partial charge on any atom is -0.267 e. The van der Waals surface area contributed by atoms with Crippen molar-refractivity contribution < 1.29 is 0 Å². The van der Waals surface area contributed by atoms with Crippen molar-refractivity contribution in [2.45, 2.75) is 0 Å². The highest BCUT2D eigenvalue weighted by atomic mass is 32.1. The summed E-state index contributed by atoms with van der Waals surface area (Å²) >= 11 is 4.83. The summed E-state index contributed by atoms with van der Waals surface area (Å²) in [6.07, 6.45) is 1.87. The molecule has 0 fully saturated rings. The number of rotatable bonds is 0. The molecule has 0 aromatic carbocycles. The third-order valence-corrected chi connectivity index (χ3v) is 1.45. The molecular formula is C6H5N3S. The third-order valence-electron chi connectivity index (χ3n) is 1.27. The molecule has 3 nitrogen and oxygen atoms in total. The first-order chi connectivity index (χ1) is 4.86. The van der Waals surface area contributed by atoms with E-state index in [-0.39, 0.29) is 0 Å². The molecular weight excluding hydrogens is 146 g/mol. The molecule has 10 heavy (non-hydrogen) atoms. The standard InChI is InChI=1S/C6H5N3S/c10-6-7-5-3-1-2-4-9(5)8-6/h1-4H,(H,8,10). The second-order valence-electron chi connectivity index (χ2n) is 1.96. The average molecular weight is 151 g/mol. The predicted molar refractivity (Wildman–Crippen MR) is 40.4 cm³/mol. The Balaban J connectivity index is 3.01. The number of nitrogens with one attached hydrogen (secondary N) is 1. The summed E-state index contributed by atoms with van der Waals surface area (Å²) in [7, 11) is 0. The molecule has 0 spiro atoms. The van der Waals surface area contributed by atoms with Gasteiger partial charge >= 0.3 is 0 Å². The van der Waals surface area contributed by atoms with Crippen LogP contribution >= 0.6 is 12.2 Å². The zero-order chi connectivity index (χ0) is 6.97. The molecule has 0 radical (unpaired) electrons. The van der Waals surface area contributed by atoms with E-state index in [0.29, 0.717) is 4.77 Å². The zero-order valence-electron chi connectivity index (χ0n) is 5.11. The van der Waals surface area contributed by atoms with Gasteiger partial charge in [-0.15, -0.1) is 0 Å². The Morgan fingerprint density at radius 2 is 2.40 bits per heavy atom. The van der Waals surface area contributed by atoms with E-state index < -0.39 is 0 Å². The first-order valence-corrected chi connectivity index (χ1v) is 3.30. The molecule has 0 unspecified atom stereocenters. The lowest BCUT2D eigenvalue weighted by Crippen LogP contribution is -1.82. The van der Waals surface area contributed by atoms with E-state index in [1.165, 1.54) is 0 Å². The first kappa shape index (κ1) is 5.61. The summed E-state index contributed by atoms with van der Waals surface area (Å²) < 4.78 is 2.30. The van der Waals surface area contributed by atoms with Crippen LogP contribution < -0.4 is 0 Å². The predicted octanol–water partition coefficient (Wildman–Crippen LogP) is 1.39. The zero-order valence-corrected chi connectivity index (χ0v) is 5.93. The van der Waals surface area contributed by atoms with Gasteiger partial charge in [-0.2, -0.15) is 4.98 Å². The van der Waals surface area contributed by atoms with Crippen LogP contribution in [0.5, 0.6) is 0 Å². The van der Waals surface area contributed by atoms with Crippen LogP contribution in [0.2, 0.25) is 0 Å². The Hall–Kier alpha value is -1.16. The van der Waals surface area contributed by atoms with E-state index in [1.54, 1.807) is 4.52 Å². The van der Waals surface area contributed by atoms with Crippen molar-refractivity contribution in [3.8, 4) is 0 Å². The van der Waals surface area contributed by atoms with Crippen molar-refractivity contribution in [1.82, 2.24) is 14.6 Å². The van der Waals surface area contributed by atoms with Crippen LogP contribution in [0, 0.1) is 4.77 Å². The Morgan fingerprint density at radius 3 is 3.20 bits per heavy atom. The van der Waals surface area contributed by atoms with Gasteiger partial charge in [0.15, 0.2) is 5.65 Å². The average Bonchev–Trinajstić information content (AvgIpc) is 2.27. The number of aromatic amines is 1. The lowest BCUT2D eigenvalue weighted by molar-refractivity contribution is 0.952. The number of hydrogen-bond donors (Lipinski definition) is 1. The fraction of sp³-hybridized carbons (Fsp3) is 0. The SMILES string of the molecule is S=c1nc2ccccn2[nH]1. The Morgan fingerprint density at radius 1 is 1.50 bits per heavy atom. The summed E-state index contributed by atoms with van der Waals surface area (Å²) in [4.78, 5) is 4.04. The minimum atomic E-state index is 0.520. The smallest absolute Gasteiger partial charge is 0.214 e. The number of aromatic nitrogens is 3. The highest BCUT2D eigenvalue weighted by Crippen LogP contribution is 1.95. The Labute approximate surface area is 62.3 Å². The van der Waals surface area contributed by atoms with Gasteiger partial charge in [0.05, 0.1) is 0 Å². The molecule has 50 valence electrons. The molecule has 2 rings (SSSR count). The van der Waals surface area contributed by atoms with E-state index in [2.05, 4.69) is 10.1 Å². The van der Waals surface area contributed by atoms with Gasteiger partial charge in [-0.1, -0.05) is 6.07 Å². The van der Waals surface area contributed by atoms with Crippen molar-refractivity contribution in [2.75, 3.05) is 0 Å². The van der Waals surface area contributed by atoms with Crippen LogP contribution in [-0.4, -0.2) is 14.6 Å². The fourth-order valence-electron chi connectivity index (χ4n) is 0.852. The second-order valence-corrected chi connectivity index (χ2v) is 2.34. The molecule has 0 atom stereocenters. The van der Waals surface area contributed by atoms with Gasteiger partial charge in [0, 0.05) is 6.20 Å². The lowest BCUT2D eigenvalue weighted by Gasteiger charge is -1.86. The summed E-state index contributed by atoms with van der Waals surface area (Å²) in [5.74, 6) is 0. The van der Waals surface area contributed by atoms with Crippen LogP contribution in [0.15, 0.2) is 24.4 Å². The molecule has 4 heteroatoms. The van der Waals surface area contributed by atoms with Gasteiger partial charge < -0.3 is 0 Å². The molecule has 0 aliphatic carbocycles. The van der Waals surface area contributed by atoms with Gasteiger partial charge in [-0.3, -0.25) is 5.10 Å². The molecule has 0 aliphatic heterocycles. The normalized spacial score (nSPS) is 10.4. The van der Waals surface area contributed by atoms with E-state index in [9.17, 15) is 0 Å². The van der Waals surface area contributed by atoms with Gasteiger partial charge in [-0.05, 0) is 24.4 Å². The summed E-state index contributed by atoms with van der Waals surface area (Å²) in [6.45, 7) is 0. The lowest BCUT2D eigenvalue weighted by atomic mass is 10.5. The largest absolute Gasteiger partial charge is 0.267 e. The van der Waals surface area contributed by atoms with E-state index in [1.807, 2.05) is 24.4 Å². The van der Waals surface area contributed by atoms with Gasteiger partial charge in [0.1, 0.15) is 0 Å². The van der Waals surface area contributed by atoms with Gasteiger partial charge in [-0.25, -0.2) is 4.52 Å². The highest BCUT2D eigenvalue weighted by Gasteiger charge is 1.89. The minimum absolute atomic E-state index is 0.520. The Bertz CT molecular complexity index is 364. The van der Waals surface area contributed by atoms with Crippen molar-refractivity contribution in [3.63, 3.8) is 0 Å². The first-order valence-electron chi connectivity index (χ1n) is 2.90. The molecule has 0 saturated heterocycles. The van der Waals surface area contributed by atoms with Crippen LogP contribution in [0.25, 0.3) is 5.65 Å². The summed E-state index contributed by atoms with van der Waals surface area (Å²) in [5.41, 5.74) is 0.854. The quantitative estimate of drug-likeness (QED) is 0.577. The Kier molecular flexibility index (Phi) is 1.07. The summed E-state index contributed by atoms with van der Waals surface area (Å²) in [5, 5.41) is 2.88. The number of hydrogen-bond acceptors (Lipinski definition) is 2. The number of pyridine rings is 1. The van der Waals surface area contributed by atoms with Gasteiger partial charge in [0.2, 0.25) is 4.77 Å². The molecule has 2 heterocycles. The molecule has 1 N–H and O–H groups in total.